The van der Waals surface area contributed by atoms with Crippen LogP contribution in [0.3, 0.4) is 0 Å². The first-order chi connectivity index (χ1) is 14.1. The molecule has 0 radical (unpaired) electrons. The molecule has 176 valence electrons. The molecule has 1 aromatic carbocycles. The third kappa shape index (κ3) is 6.51. The molecule has 1 aliphatic heterocycles. The number of hydrogen-bond donors (Lipinski definition) is 0. The van der Waals surface area contributed by atoms with Crippen molar-refractivity contribution >= 4 is 7.32 Å². The fourth-order valence-corrected chi connectivity index (χ4v) is 4.12. The highest BCUT2D eigenvalue weighted by molar-refractivity contribution is 6.37. The van der Waals surface area contributed by atoms with Crippen LogP contribution in [0.1, 0.15) is 119 Å². The van der Waals surface area contributed by atoms with Crippen molar-refractivity contribution in [2.75, 3.05) is 13.2 Å². The van der Waals surface area contributed by atoms with Crippen molar-refractivity contribution in [1.29, 1.82) is 0 Å². The predicted octanol–water partition coefficient (Wildman–Crippen LogP) is 7.58. The Morgan fingerprint density at radius 2 is 1.32 bits per heavy atom. The van der Waals surface area contributed by atoms with Crippen molar-refractivity contribution in [3.05, 3.63) is 28.8 Å². The molecule has 1 saturated heterocycles. The van der Waals surface area contributed by atoms with Crippen LogP contribution in [0.4, 0.5) is 0 Å². The van der Waals surface area contributed by atoms with E-state index in [0.29, 0.717) is 13.2 Å². The summed E-state index contributed by atoms with van der Waals surface area (Å²) in [4.78, 5) is 0. The number of benzene rings is 1. The Hall–Kier alpha value is -0.995. The van der Waals surface area contributed by atoms with Crippen LogP contribution in [0.2, 0.25) is 0 Å². The van der Waals surface area contributed by atoms with Crippen LogP contribution in [0, 0.1) is 5.41 Å². The predicted molar refractivity (Wildman–Crippen MR) is 133 cm³/mol. The van der Waals surface area contributed by atoms with E-state index in [1.165, 1.54) is 29.5 Å². The van der Waals surface area contributed by atoms with Crippen LogP contribution < -0.4 is 4.65 Å². The molecule has 3 nitrogen and oxygen atoms in total. The molecule has 1 fully saturated rings. The van der Waals surface area contributed by atoms with E-state index >= 15 is 0 Å². The molecule has 0 bridgehead atoms. The lowest BCUT2D eigenvalue weighted by molar-refractivity contribution is -0.0279. The van der Waals surface area contributed by atoms with Crippen molar-refractivity contribution in [3.63, 3.8) is 0 Å². The van der Waals surface area contributed by atoms with Gasteiger partial charge in [0.05, 0.1) is 0 Å². The number of unbranched alkanes of at least 4 members (excludes halogenated alkanes) is 1. The monoisotopic (exact) mass is 430 g/mol. The van der Waals surface area contributed by atoms with E-state index in [9.17, 15) is 0 Å². The van der Waals surface area contributed by atoms with Crippen molar-refractivity contribution in [3.8, 4) is 5.75 Å². The topological polar surface area (TPSA) is 27.7 Å². The Labute approximate surface area is 192 Å². The SMILES string of the molecule is CCCCC1(CC)COB(Oc2c(C(C)(C)C)cc(C(C)(C)C)cc2C(C)(C)C)OC1. The van der Waals surface area contributed by atoms with Crippen LogP contribution in [0.25, 0.3) is 0 Å². The van der Waals surface area contributed by atoms with E-state index in [2.05, 4.69) is 88.3 Å². The molecule has 1 aliphatic rings. The van der Waals surface area contributed by atoms with Gasteiger partial charge in [0.15, 0.2) is 0 Å². The van der Waals surface area contributed by atoms with E-state index < -0.39 is 7.32 Å². The van der Waals surface area contributed by atoms with Gasteiger partial charge in [0.2, 0.25) is 0 Å². The van der Waals surface area contributed by atoms with E-state index in [4.69, 9.17) is 14.0 Å². The molecule has 0 aromatic heterocycles. The van der Waals surface area contributed by atoms with Crippen LogP contribution in [0.15, 0.2) is 12.1 Å². The summed E-state index contributed by atoms with van der Waals surface area (Å²) < 4.78 is 18.9. The van der Waals surface area contributed by atoms with Gasteiger partial charge in [-0.05, 0) is 45.8 Å². The van der Waals surface area contributed by atoms with Gasteiger partial charge in [-0.15, -0.1) is 0 Å². The van der Waals surface area contributed by atoms with Crippen molar-refractivity contribution in [2.24, 2.45) is 5.41 Å². The highest BCUT2D eigenvalue weighted by atomic mass is 16.7. The maximum Gasteiger partial charge on any atom is 0.713 e. The maximum absolute atomic E-state index is 6.54. The third-order valence-corrected chi connectivity index (χ3v) is 6.65. The molecule has 0 atom stereocenters. The number of hydrogen-bond acceptors (Lipinski definition) is 3. The Kier molecular flexibility index (Phi) is 8.02. The molecule has 4 heteroatoms. The van der Waals surface area contributed by atoms with Crippen LogP contribution in [-0.4, -0.2) is 20.5 Å². The summed E-state index contributed by atoms with van der Waals surface area (Å²) in [7, 11) is -0.649. The van der Waals surface area contributed by atoms with Crippen molar-refractivity contribution < 1.29 is 14.0 Å². The van der Waals surface area contributed by atoms with Gasteiger partial charge >= 0.3 is 7.32 Å². The van der Waals surface area contributed by atoms with Gasteiger partial charge in [-0.2, -0.15) is 0 Å². The first kappa shape index (κ1) is 26.3. The smallest absolute Gasteiger partial charge is 0.511 e. The fraction of sp³-hybridized carbons (Fsp3) is 0.778. The fourth-order valence-electron chi connectivity index (χ4n) is 4.12. The molecule has 31 heavy (non-hydrogen) atoms. The second-order valence-electron chi connectivity index (χ2n) is 12.6. The first-order valence-electron chi connectivity index (χ1n) is 12.2. The molecular formula is C27H47BO3. The molecular weight excluding hydrogens is 383 g/mol. The zero-order valence-corrected chi connectivity index (χ0v) is 22.2. The molecule has 0 N–H and O–H groups in total. The average Bonchev–Trinajstić information content (AvgIpc) is 2.65. The summed E-state index contributed by atoms with van der Waals surface area (Å²) in [5.74, 6) is 0.926. The lowest BCUT2D eigenvalue weighted by atomic mass is 9.74. The lowest BCUT2D eigenvalue weighted by Gasteiger charge is -2.39. The van der Waals surface area contributed by atoms with E-state index in [1.807, 2.05) is 0 Å². The molecule has 0 unspecified atom stereocenters. The second-order valence-corrected chi connectivity index (χ2v) is 12.6. The van der Waals surface area contributed by atoms with Gasteiger partial charge in [-0.25, -0.2) is 0 Å². The van der Waals surface area contributed by atoms with Gasteiger partial charge in [0.1, 0.15) is 5.75 Å². The molecule has 0 aliphatic carbocycles. The van der Waals surface area contributed by atoms with Crippen LogP contribution in [0.5, 0.6) is 5.75 Å². The quantitative estimate of drug-likeness (QED) is 0.436. The zero-order chi connectivity index (χ0) is 23.7. The van der Waals surface area contributed by atoms with Gasteiger partial charge < -0.3 is 14.0 Å². The summed E-state index contributed by atoms with van der Waals surface area (Å²) in [5, 5.41) is 0. The van der Waals surface area contributed by atoms with Gasteiger partial charge in [-0.1, -0.05) is 101 Å². The Morgan fingerprint density at radius 3 is 1.68 bits per heavy atom. The summed E-state index contributed by atoms with van der Waals surface area (Å²) in [5.41, 5.74) is 3.84. The molecule has 0 spiro atoms. The molecule has 0 saturated carbocycles. The van der Waals surface area contributed by atoms with Gasteiger partial charge in [-0.3, -0.25) is 0 Å². The normalized spacial score (nSPS) is 17.7. The van der Waals surface area contributed by atoms with Crippen LogP contribution >= 0.6 is 0 Å². The average molecular weight is 430 g/mol. The summed E-state index contributed by atoms with van der Waals surface area (Å²) in [6.07, 6.45) is 4.63. The van der Waals surface area contributed by atoms with E-state index in [0.717, 1.165) is 18.6 Å². The molecule has 1 aromatic rings. The van der Waals surface area contributed by atoms with Crippen molar-refractivity contribution in [1.82, 2.24) is 0 Å². The molecule has 1 heterocycles. The second kappa shape index (κ2) is 9.47. The van der Waals surface area contributed by atoms with E-state index in [1.54, 1.807) is 0 Å². The lowest BCUT2D eigenvalue weighted by Crippen LogP contribution is -2.47. The highest BCUT2D eigenvalue weighted by Crippen LogP contribution is 2.44. The van der Waals surface area contributed by atoms with E-state index in [-0.39, 0.29) is 21.7 Å². The minimum Gasteiger partial charge on any atom is -0.511 e. The van der Waals surface area contributed by atoms with Gasteiger partial charge in [0.25, 0.3) is 0 Å². The highest BCUT2D eigenvalue weighted by Gasteiger charge is 2.42. The maximum atomic E-state index is 6.54. The summed E-state index contributed by atoms with van der Waals surface area (Å²) >= 11 is 0. The van der Waals surface area contributed by atoms with Crippen molar-refractivity contribution in [2.45, 2.75) is 118 Å². The first-order valence-corrected chi connectivity index (χ1v) is 12.2. The number of rotatable bonds is 6. The van der Waals surface area contributed by atoms with Crippen LogP contribution in [-0.2, 0) is 25.6 Å². The molecule has 0 amide bonds. The Bertz CT molecular complexity index is 691. The largest absolute Gasteiger partial charge is 0.713 e. The minimum atomic E-state index is -0.649. The Morgan fingerprint density at radius 1 is 0.839 bits per heavy atom. The Balaban J connectivity index is 2.42. The third-order valence-electron chi connectivity index (χ3n) is 6.65. The molecule has 2 rings (SSSR count). The summed E-state index contributed by atoms with van der Waals surface area (Å²) in [6, 6.07) is 4.65. The standard InChI is InChI=1S/C27H47BO3/c1-12-14-15-27(13-2)18-29-28(30-19-27)31-23-21(25(6,7)8)16-20(24(3,4)5)17-22(23)26(9,10)11/h16-17H,12-15,18-19H2,1-11H3. The summed E-state index contributed by atoms with van der Waals surface area (Å²) in [6.45, 7) is 26.2. The van der Waals surface area contributed by atoms with Gasteiger partial charge in [0, 0.05) is 18.6 Å². The minimum absolute atomic E-state index is 0.0560. The zero-order valence-electron chi connectivity index (χ0n) is 22.2.